The highest BCUT2D eigenvalue weighted by molar-refractivity contribution is 5.71. The van der Waals surface area contributed by atoms with Crippen molar-refractivity contribution in [3.8, 4) is 0 Å². The zero-order valence-electron chi connectivity index (χ0n) is 48.3. The topological polar surface area (TPSA) is 78.9 Å². The second-order valence-corrected chi connectivity index (χ2v) is 19.5. The SMILES string of the molecule is CC/C=C\C/C=C\C/C=C\C/C=C\C/C=C\CCCCCC(=O)OCC(COC(=O)CCCCCCCCCCC/C=C\C/C=C\C/C=C\CC)OC(=O)CCCCCCCC/C=C\C/C=C\C/C=C\C/C=C\CC. The first-order valence-corrected chi connectivity index (χ1v) is 30.3. The molecule has 6 heteroatoms. The molecule has 0 radical (unpaired) electrons. The molecule has 0 bridgehead atoms. The van der Waals surface area contributed by atoms with Crippen molar-refractivity contribution in [1.29, 1.82) is 0 Å². The molecule has 0 aliphatic rings. The average molecular weight is 1040 g/mol. The highest BCUT2D eigenvalue weighted by Crippen LogP contribution is 2.14. The van der Waals surface area contributed by atoms with Gasteiger partial charge in [0.25, 0.3) is 0 Å². The van der Waals surface area contributed by atoms with E-state index in [1.165, 1.54) is 51.4 Å². The lowest BCUT2D eigenvalue weighted by Gasteiger charge is -2.18. The van der Waals surface area contributed by atoms with E-state index in [9.17, 15) is 14.4 Å². The number of ether oxygens (including phenoxy) is 3. The second-order valence-electron chi connectivity index (χ2n) is 19.5. The van der Waals surface area contributed by atoms with Crippen molar-refractivity contribution in [2.75, 3.05) is 13.2 Å². The van der Waals surface area contributed by atoms with E-state index in [1.54, 1.807) is 0 Å². The minimum Gasteiger partial charge on any atom is -0.462 e. The van der Waals surface area contributed by atoms with Gasteiger partial charge < -0.3 is 14.2 Å². The summed E-state index contributed by atoms with van der Waals surface area (Å²) in [5.74, 6) is -0.958. The van der Waals surface area contributed by atoms with Crippen molar-refractivity contribution in [3.63, 3.8) is 0 Å². The fraction of sp³-hybridized carbons (Fsp3) is 0.609. The molecule has 0 aromatic carbocycles. The molecule has 0 rings (SSSR count). The van der Waals surface area contributed by atoms with Crippen molar-refractivity contribution in [3.05, 3.63) is 146 Å². The first-order valence-electron chi connectivity index (χ1n) is 30.3. The highest BCUT2D eigenvalue weighted by atomic mass is 16.6. The lowest BCUT2D eigenvalue weighted by Crippen LogP contribution is -2.30. The van der Waals surface area contributed by atoms with E-state index in [1.807, 2.05) is 0 Å². The van der Waals surface area contributed by atoms with E-state index < -0.39 is 6.10 Å². The number of unbranched alkanes of at least 4 members (excludes halogenated alkanes) is 18. The minimum atomic E-state index is -0.810. The van der Waals surface area contributed by atoms with Crippen LogP contribution in [-0.2, 0) is 28.6 Å². The summed E-state index contributed by atoms with van der Waals surface area (Å²) in [6, 6.07) is 0. The molecule has 0 saturated heterocycles. The zero-order chi connectivity index (χ0) is 54.3. The lowest BCUT2D eigenvalue weighted by atomic mass is 10.1. The third-order valence-electron chi connectivity index (χ3n) is 12.3. The molecule has 422 valence electrons. The standard InChI is InChI=1S/C69H110O6/c1-4-7-10-13-16-19-22-25-28-31-34-37-40-43-46-49-52-55-58-61-67(70)73-64-66(75-69(72)63-60-57-54-51-48-45-42-39-36-33-30-27-24-21-18-15-12-9-6-3)65-74-68(71)62-59-56-53-50-47-44-41-38-35-32-29-26-23-20-17-14-11-8-5-2/h7-12,16-21,25-30,34,36-37,39,43,46,66H,4-6,13-15,22-24,31-33,35,38,40-42,44-45,47-65H2,1-3H3/b10-7-,11-8-,12-9-,19-16-,20-17-,21-18-,28-25-,29-26-,30-27-,37-34-,39-36-,46-43-. The Bertz CT molecular complexity index is 1660. The van der Waals surface area contributed by atoms with Crippen LogP contribution in [-0.4, -0.2) is 37.2 Å². The van der Waals surface area contributed by atoms with Crippen LogP contribution in [0.5, 0.6) is 0 Å². The van der Waals surface area contributed by atoms with Crippen LogP contribution in [0.2, 0.25) is 0 Å². The molecule has 0 aliphatic carbocycles. The van der Waals surface area contributed by atoms with Crippen LogP contribution in [0.25, 0.3) is 0 Å². The van der Waals surface area contributed by atoms with Crippen LogP contribution < -0.4 is 0 Å². The number of carbonyl (C=O) groups excluding carboxylic acids is 3. The summed E-state index contributed by atoms with van der Waals surface area (Å²) in [5.41, 5.74) is 0. The lowest BCUT2D eigenvalue weighted by molar-refractivity contribution is -0.167. The van der Waals surface area contributed by atoms with E-state index >= 15 is 0 Å². The molecule has 0 aliphatic heterocycles. The molecule has 0 aromatic heterocycles. The van der Waals surface area contributed by atoms with E-state index in [-0.39, 0.29) is 31.1 Å². The Balaban J connectivity index is 4.51. The Kier molecular flexibility index (Phi) is 58.0. The highest BCUT2D eigenvalue weighted by Gasteiger charge is 2.19. The summed E-state index contributed by atoms with van der Waals surface area (Å²) in [4.78, 5) is 38.3. The van der Waals surface area contributed by atoms with E-state index in [0.29, 0.717) is 19.3 Å². The van der Waals surface area contributed by atoms with Gasteiger partial charge in [0.2, 0.25) is 0 Å². The second kappa shape index (κ2) is 61.8. The third-order valence-corrected chi connectivity index (χ3v) is 12.3. The summed E-state index contributed by atoms with van der Waals surface area (Å²) < 4.78 is 16.9. The third kappa shape index (κ3) is 60.0. The van der Waals surface area contributed by atoms with Crippen molar-refractivity contribution in [1.82, 2.24) is 0 Å². The number of carbonyl (C=O) groups is 3. The summed E-state index contributed by atoms with van der Waals surface area (Å²) >= 11 is 0. The van der Waals surface area contributed by atoms with Gasteiger partial charge in [-0.3, -0.25) is 14.4 Å². The van der Waals surface area contributed by atoms with Crippen LogP contribution >= 0.6 is 0 Å². The van der Waals surface area contributed by atoms with Gasteiger partial charge >= 0.3 is 17.9 Å². The molecule has 0 amide bonds. The maximum absolute atomic E-state index is 12.9. The average Bonchev–Trinajstić information content (AvgIpc) is 3.41. The molecule has 0 saturated carbocycles. The normalized spacial score (nSPS) is 13.2. The van der Waals surface area contributed by atoms with Crippen molar-refractivity contribution in [2.45, 2.75) is 258 Å². The van der Waals surface area contributed by atoms with E-state index in [0.717, 1.165) is 161 Å². The van der Waals surface area contributed by atoms with Gasteiger partial charge in [-0.15, -0.1) is 0 Å². The van der Waals surface area contributed by atoms with Crippen molar-refractivity contribution >= 4 is 17.9 Å². The van der Waals surface area contributed by atoms with Crippen molar-refractivity contribution in [2.24, 2.45) is 0 Å². The molecule has 6 nitrogen and oxygen atoms in total. The number of rotatable bonds is 53. The van der Waals surface area contributed by atoms with Crippen LogP contribution in [0.3, 0.4) is 0 Å². The van der Waals surface area contributed by atoms with Gasteiger partial charge in [0.1, 0.15) is 13.2 Å². The van der Waals surface area contributed by atoms with Crippen LogP contribution in [0.15, 0.2) is 146 Å². The smallest absolute Gasteiger partial charge is 0.306 e. The van der Waals surface area contributed by atoms with Crippen LogP contribution in [0, 0.1) is 0 Å². The molecule has 1 atom stereocenters. The maximum Gasteiger partial charge on any atom is 0.306 e. The molecule has 1 unspecified atom stereocenters. The summed E-state index contributed by atoms with van der Waals surface area (Å²) in [7, 11) is 0. The summed E-state index contributed by atoms with van der Waals surface area (Å²) in [6.45, 7) is 6.26. The van der Waals surface area contributed by atoms with Gasteiger partial charge in [-0.2, -0.15) is 0 Å². The largest absolute Gasteiger partial charge is 0.462 e. The van der Waals surface area contributed by atoms with Gasteiger partial charge in [-0.25, -0.2) is 0 Å². The van der Waals surface area contributed by atoms with E-state index in [2.05, 4.69) is 167 Å². The molecule has 0 aromatic rings. The number of hydrogen-bond donors (Lipinski definition) is 0. The number of allylic oxidation sites excluding steroid dienone is 24. The molecule has 0 heterocycles. The maximum atomic E-state index is 12.9. The van der Waals surface area contributed by atoms with Crippen LogP contribution in [0.1, 0.15) is 252 Å². The Morgan fingerprint density at radius 3 is 0.760 bits per heavy atom. The van der Waals surface area contributed by atoms with Gasteiger partial charge in [0.15, 0.2) is 6.10 Å². The Morgan fingerprint density at radius 2 is 0.480 bits per heavy atom. The molecule has 75 heavy (non-hydrogen) atoms. The Labute approximate surface area is 461 Å². The molecule has 0 spiro atoms. The van der Waals surface area contributed by atoms with Gasteiger partial charge in [-0.1, -0.05) is 244 Å². The Morgan fingerprint density at radius 1 is 0.267 bits per heavy atom. The van der Waals surface area contributed by atoms with Gasteiger partial charge in [0.05, 0.1) is 0 Å². The first-order chi connectivity index (χ1) is 37.0. The summed E-state index contributed by atoms with van der Waals surface area (Å²) in [6.07, 6.45) is 88.3. The quantitative estimate of drug-likeness (QED) is 0.0261. The fourth-order valence-corrected chi connectivity index (χ4v) is 7.89. The first kappa shape index (κ1) is 70.3. The predicted octanol–water partition coefficient (Wildman–Crippen LogP) is 20.8. The fourth-order valence-electron chi connectivity index (χ4n) is 7.89. The number of hydrogen-bond acceptors (Lipinski definition) is 6. The predicted molar refractivity (Wildman–Crippen MR) is 325 cm³/mol. The van der Waals surface area contributed by atoms with Crippen LogP contribution in [0.4, 0.5) is 0 Å². The minimum absolute atomic E-state index is 0.103. The Hall–Kier alpha value is -4.71. The summed E-state index contributed by atoms with van der Waals surface area (Å²) in [5, 5.41) is 0. The number of esters is 3. The van der Waals surface area contributed by atoms with Gasteiger partial charge in [-0.05, 0) is 135 Å². The molecule has 0 N–H and O–H groups in total. The molecular formula is C69H110O6. The van der Waals surface area contributed by atoms with E-state index in [4.69, 9.17) is 14.2 Å². The van der Waals surface area contributed by atoms with Crippen molar-refractivity contribution < 1.29 is 28.6 Å². The molecule has 0 fully saturated rings. The zero-order valence-corrected chi connectivity index (χ0v) is 48.3. The van der Waals surface area contributed by atoms with Gasteiger partial charge in [0, 0.05) is 19.3 Å². The monoisotopic (exact) mass is 1030 g/mol. The molecular weight excluding hydrogens is 925 g/mol.